The van der Waals surface area contributed by atoms with Crippen LogP contribution in [0, 0.1) is 0 Å². The van der Waals surface area contributed by atoms with Crippen molar-refractivity contribution in [3.63, 3.8) is 0 Å². The molecular weight excluding hydrogens is 254 g/mol. The van der Waals surface area contributed by atoms with E-state index in [0.717, 1.165) is 6.26 Å². The maximum atomic E-state index is 11.1. The second-order valence-electron chi connectivity index (χ2n) is 4.37. The predicted molar refractivity (Wildman–Crippen MR) is 54.4 cm³/mol. The molecule has 0 spiro atoms. The van der Waals surface area contributed by atoms with E-state index in [0.29, 0.717) is 0 Å². The summed E-state index contributed by atoms with van der Waals surface area (Å²) < 4.78 is 34.8. The van der Waals surface area contributed by atoms with Crippen LogP contribution in [0.5, 0.6) is 0 Å². The zero-order valence-electron chi connectivity index (χ0n) is 9.11. The Labute approximate surface area is 98.2 Å². The van der Waals surface area contributed by atoms with Crippen molar-refractivity contribution < 1.29 is 33.2 Å². The Morgan fingerprint density at radius 3 is 2.65 bits per heavy atom. The smallest absolute Gasteiger partial charge is 0.209 e. The quantitative estimate of drug-likeness (QED) is 0.424. The minimum atomic E-state index is -3.57. The summed E-state index contributed by atoms with van der Waals surface area (Å²) in [7, 11) is -3.57. The van der Waals surface area contributed by atoms with Crippen LogP contribution < -0.4 is 4.72 Å². The molecule has 0 aromatic carbocycles. The van der Waals surface area contributed by atoms with Gasteiger partial charge in [-0.25, -0.2) is 13.1 Å². The van der Waals surface area contributed by atoms with Gasteiger partial charge >= 0.3 is 0 Å². The molecule has 2 fully saturated rings. The van der Waals surface area contributed by atoms with E-state index in [4.69, 9.17) is 14.6 Å². The van der Waals surface area contributed by atoms with Crippen molar-refractivity contribution in [3.8, 4) is 0 Å². The lowest BCUT2D eigenvalue weighted by molar-refractivity contribution is -0.230. The Morgan fingerprint density at radius 2 is 2.12 bits per heavy atom. The zero-order chi connectivity index (χ0) is 12.8. The average Bonchev–Trinajstić information content (AvgIpc) is 2.64. The van der Waals surface area contributed by atoms with Crippen molar-refractivity contribution in [2.45, 2.75) is 30.1 Å². The molecule has 2 bridgehead atoms. The van der Waals surface area contributed by atoms with Gasteiger partial charge in [-0.2, -0.15) is 0 Å². The van der Waals surface area contributed by atoms with E-state index in [1.165, 1.54) is 0 Å². The number of aliphatic hydroxyl groups excluding tert-OH is 3. The maximum Gasteiger partial charge on any atom is 0.209 e. The number of ether oxygens (including phenoxy) is 2. The molecule has 0 aliphatic carbocycles. The Hall–Kier alpha value is -0.290. The van der Waals surface area contributed by atoms with Crippen LogP contribution in [0.3, 0.4) is 0 Å². The summed E-state index contributed by atoms with van der Waals surface area (Å²) in [6.45, 7) is -0.623. The van der Waals surface area contributed by atoms with Crippen LogP contribution in [0.1, 0.15) is 0 Å². The van der Waals surface area contributed by atoms with Crippen molar-refractivity contribution >= 4 is 10.0 Å². The molecule has 17 heavy (non-hydrogen) atoms. The van der Waals surface area contributed by atoms with Crippen LogP contribution in [0.25, 0.3) is 0 Å². The molecular formula is C8H15NO7S. The number of sulfonamides is 1. The summed E-state index contributed by atoms with van der Waals surface area (Å²) in [6, 6.07) is -1.10. The van der Waals surface area contributed by atoms with E-state index in [1.807, 2.05) is 0 Å². The van der Waals surface area contributed by atoms with Crippen molar-refractivity contribution in [1.29, 1.82) is 0 Å². The van der Waals surface area contributed by atoms with E-state index in [9.17, 15) is 18.6 Å². The molecule has 2 aliphatic heterocycles. The highest BCUT2D eigenvalue weighted by Gasteiger charge is 2.59. The zero-order valence-corrected chi connectivity index (χ0v) is 9.92. The maximum absolute atomic E-state index is 11.1. The van der Waals surface area contributed by atoms with E-state index in [2.05, 4.69) is 4.72 Å². The lowest BCUT2D eigenvalue weighted by atomic mass is 9.89. The lowest BCUT2D eigenvalue weighted by Gasteiger charge is -2.41. The highest BCUT2D eigenvalue weighted by atomic mass is 32.2. The molecule has 2 rings (SSSR count). The van der Waals surface area contributed by atoms with Gasteiger partial charge in [-0.3, -0.25) is 0 Å². The minimum absolute atomic E-state index is 0.103. The standard InChI is InChI=1S/C8H15NO7S/c1-17(13,14)9-4-5(11)6(12)8(2-10)3-15-7(4)16-8/h4-7,9-12H,2-3H2,1H3/t4-,5-,6-,7+,8+/m1/s1. The molecule has 0 unspecified atom stereocenters. The summed E-state index contributed by atoms with van der Waals surface area (Å²) in [5, 5.41) is 28.8. The van der Waals surface area contributed by atoms with Crippen molar-refractivity contribution in [3.05, 3.63) is 0 Å². The fourth-order valence-electron chi connectivity index (χ4n) is 2.07. The first-order valence-electron chi connectivity index (χ1n) is 5.03. The molecule has 0 saturated carbocycles. The van der Waals surface area contributed by atoms with Crippen molar-refractivity contribution in [2.75, 3.05) is 19.5 Å². The summed E-state index contributed by atoms with van der Waals surface area (Å²) in [4.78, 5) is 0. The Morgan fingerprint density at radius 1 is 1.47 bits per heavy atom. The number of fused-ring (bicyclic) bond motifs is 2. The molecule has 2 heterocycles. The predicted octanol–water partition coefficient (Wildman–Crippen LogP) is -3.26. The molecule has 0 amide bonds. The number of hydrogen-bond donors (Lipinski definition) is 4. The third-order valence-electron chi connectivity index (χ3n) is 2.98. The fraction of sp³-hybridized carbons (Fsp3) is 1.00. The van der Waals surface area contributed by atoms with Crippen LogP contribution in [0.2, 0.25) is 0 Å². The van der Waals surface area contributed by atoms with Gasteiger partial charge < -0.3 is 24.8 Å². The first kappa shape index (κ1) is 13.1. The van der Waals surface area contributed by atoms with E-state index >= 15 is 0 Å². The van der Waals surface area contributed by atoms with Crippen molar-refractivity contribution in [1.82, 2.24) is 4.72 Å². The van der Waals surface area contributed by atoms with Gasteiger partial charge in [-0.05, 0) is 0 Å². The van der Waals surface area contributed by atoms with Crippen LogP contribution in [0.15, 0.2) is 0 Å². The van der Waals surface area contributed by atoms with Gasteiger partial charge in [0.1, 0.15) is 23.9 Å². The molecule has 0 aromatic heterocycles. The third kappa shape index (κ3) is 2.19. The first-order chi connectivity index (χ1) is 7.79. The molecule has 8 nitrogen and oxygen atoms in total. The fourth-order valence-corrected chi connectivity index (χ4v) is 2.82. The molecule has 2 aliphatic rings. The van der Waals surface area contributed by atoms with Gasteiger partial charge in [0.05, 0.1) is 19.5 Å². The Bertz CT molecular complexity index is 399. The lowest BCUT2D eigenvalue weighted by Crippen LogP contribution is -2.66. The largest absolute Gasteiger partial charge is 0.393 e. The average molecular weight is 269 g/mol. The van der Waals surface area contributed by atoms with Gasteiger partial charge in [0.2, 0.25) is 10.0 Å². The third-order valence-corrected chi connectivity index (χ3v) is 3.68. The van der Waals surface area contributed by atoms with Crippen LogP contribution >= 0.6 is 0 Å². The monoisotopic (exact) mass is 269 g/mol. The highest BCUT2D eigenvalue weighted by Crippen LogP contribution is 2.36. The molecule has 0 aromatic rings. The molecule has 9 heteroatoms. The number of nitrogens with one attached hydrogen (secondary N) is 1. The van der Waals surface area contributed by atoms with Gasteiger partial charge in [-0.1, -0.05) is 0 Å². The molecule has 5 atom stereocenters. The van der Waals surface area contributed by atoms with Crippen LogP contribution in [-0.4, -0.2) is 73.3 Å². The molecule has 0 radical (unpaired) electrons. The molecule has 100 valence electrons. The molecule has 4 N–H and O–H groups in total. The summed E-state index contributed by atoms with van der Waals surface area (Å²) in [5.41, 5.74) is -1.38. The topological polar surface area (TPSA) is 125 Å². The molecule has 2 saturated heterocycles. The van der Waals surface area contributed by atoms with Crippen LogP contribution in [0.4, 0.5) is 0 Å². The Balaban J connectivity index is 2.23. The Kier molecular flexibility index (Phi) is 3.19. The second kappa shape index (κ2) is 4.12. The van der Waals surface area contributed by atoms with E-state index in [1.54, 1.807) is 0 Å². The van der Waals surface area contributed by atoms with Crippen LogP contribution in [-0.2, 0) is 19.5 Å². The van der Waals surface area contributed by atoms with Gasteiger partial charge in [0, 0.05) is 0 Å². The minimum Gasteiger partial charge on any atom is -0.393 e. The summed E-state index contributed by atoms with van der Waals surface area (Å²) in [5.74, 6) is 0. The SMILES string of the molecule is CS(=O)(=O)N[C@H]1[C@H]2OC[C@](CO)(O2)[C@H](O)[C@@H]1O. The van der Waals surface area contributed by atoms with Gasteiger partial charge in [-0.15, -0.1) is 0 Å². The second-order valence-corrected chi connectivity index (χ2v) is 6.15. The summed E-state index contributed by atoms with van der Waals surface area (Å²) in [6.07, 6.45) is -2.92. The first-order valence-corrected chi connectivity index (χ1v) is 6.92. The normalized spacial score (nSPS) is 46.1. The van der Waals surface area contributed by atoms with E-state index in [-0.39, 0.29) is 6.61 Å². The van der Waals surface area contributed by atoms with Gasteiger partial charge in [0.15, 0.2) is 6.29 Å². The number of aliphatic hydroxyl groups is 3. The summed E-state index contributed by atoms with van der Waals surface area (Å²) >= 11 is 0. The van der Waals surface area contributed by atoms with Gasteiger partial charge in [0.25, 0.3) is 0 Å². The van der Waals surface area contributed by atoms with Crippen molar-refractivity contribution in [2.24, 2.45) is 0 Å². The number of hydrogen-bond acceptors (Lipinski definition) is 7. The highest BCUT2D eigenvalue weighted by molar-refractivity contribution is 7.88. The van der Waals surface area contributed by atoms with E-state index < -0.39 is 46.8 Å². The number of rotatable bonds is 3.